The third-order valence-electron chi connectivity index (χ3n) is 1.54. The number of hydrogen-bond acceptors (Lipinski definition) is 1. The topological polar surface area (TPSA) is 3.24 Å². The lowest BCUT2D eigenvalue weighted by molar-refractivity contribution is 0.357. The Morgan fingerprint density at radius 3 is 2.25 bits per heavy atom. The van der Waals surface area contributed by atoms with Gasteiger partial charge in [-0.25, -0.2) is 0 Å². The second kappa shape index (κ2) is 4.55. The molecule has 0 saturated heterocycles. The van der Waals surface area contributed by atoms with Gasteiger partial charge in [0, 0.05) is 0 Å². The minimum atomic E-state index is -4.85. The van der Waals surface area contributed by atoms with E-state index in [4.69, 9.17) is 0 Å². The molecule has 0 aromatic carbocycles. The second-order valence-corrected chi connectivity index (χ2v) is 2.97. The van der Waals surface area contributed by atoms with E-state index in [1.54, 1.807) is 11.9 Å². The molecule has 12 heavy (non-hydrogen) atoms. The van der Waals surface area contributed by atoms with Crippen molar-refractivity contribution in [1.29, 1.82) is 0 Å². The summed E-state index contributed by atoms with van der Waals surface area (Å²) in [5, 5.41) is 0. The van der Waals surface area contributed by atoms with Crippen molar-refractivity contribution in [3.8, 4) is 0 Å². The van der Waals surface area contributed by atoms with Crippen molar-refractivity contribution >= 4 is 6.98 Å². The fourth-order valence-electron chi connectivity index (χ4n) is 0.911. The van der Waals surface area contributed by atoms with E-state index in [1.807, 2.05) is 6.92 Å². The SMILES string of the molecule is C=C(CN(C)CCC)[B-](F)(F)F. The fraction of sp³-hybridized carbons (Fsp3) is 0.714. The van der Waals surface area contributed by atoms with Gasteiger partial charge in [0.15, 0.2) is 0 Å². The van der Waals surface area contributed by atoms with Crippen LogP contribution in [0.2, 0.25) is 0 Å². The van der Waals surface area contributed by atoms with Crippen LogP contribution in [0.25, 0.3) is 0 Å². The van der Waals surface area contributed by atoms with E-state index in [9.17, 15) is 12.9 Å². The Morgan fingerprint density at radius 2 is 1.92 bits per heavy atom. The van der Waals surface area contributed by atoms with Crippen molar-refractivity contribution in [2.45, 2.75) is 13.3 Å². The van der Waals surface area contributed by atoms with E-state index in [0.717, 1.165) is 6.42 Å². The van der Waals surface area contributed by atoms with Gasteiger partial charge in [0.05, 0.1) is 0 Å². The smallest absolute Gasteiger partial charge is 0.445 e. The minimum Gasteiger partial charge on any atom is -0.445 e. The highest BCUT2D eigenvalue weighted by Gasteiger charge is 2.26. The number of rotatable bonds is 5. The van der Waals surface area contributed by atoms with Gasteiger partial charge in [-0.1, -0.05) is 6.92 Å². The van der Waals surface area contributed by atoms with Crippen LogP contribution in [0, 0.1) is 0 Å². The van der Waals surface area contributed by atoms with Crippen molar-refractivity contribution in [3.05, 3.63) is 12.1 Å². The molecule has 72 valence electrons. The first kappa shape index (κ1) is 11.6. The predicted molar refractivity (Wildman–Crippen MR) is 46.0 cm³/mol. The first-order valence-corrected chi connectivity index (χ1v) is 3.94. The van der Waals surface area contributed by atoms with E-state index in [2.05, 4.69) is 6.58 Å². The summed E-state index contributed by atoms with van der Waals surface area (Å²) in [6.07, 6.45) is 0.856. The molecule has 1 nitrogen and oxygen atoms in total. The summed E-state index contributed by atoms with van der Waals surface area (Å²) >= 11 is 0. The van der Waals surface area contributed by atoms with Crippen LogP contribution >= 0.6 is 0 Å². The largest absolute Gasteiger partial charge is 0.506 e. The van der Waals surface area contributed by atoms with Crippen molar-refractivity contribution in [2.24, 2.45) is 0 Å². The number of nitrogens with zero attached hydrogens (tertiary/aromatic N) is 1. The molecule has 0 N–H and O–H groups in total. The molecule has 0 aliphatic carbocycles. The Morgan fingerprint density at radius 1 is 1.42 bits per heavy atom. The molecule has 0 unspecified atom stereocenters. The average Bonchev–Trinajstić information content (AvgIpc) is 1.85. The Bertz CT molecular complexity index is 155. The van der Waals surface area contributed by atoms with Gasteiger partial charge in [-0.3, -0.25) is 0 Å². The molecule has 0 aromatic heterocycles. The first-order chi connectivity index (χ1) is 5.38. The molecule has 0 fully saturated rings. The third kappa shape index (κ3) is 4.44. The van der Waals surface area contributed by atoms with Crippen LogP contribution in [0.5, 0.6) is 0 Å². The molecule has 0 heterocycles. The molecule has 5 heteroatoms. The zero-order valence-corrected chi connectivity index (χ0v) is 7.49. The molecule has 0 aliphatic heterocycles. The number of halogens is 3. The molecule has 0 aromatic rings. The lowest BCUT2D eigenvalue weighted by Gasteiger charge is -2.23. The maximum atomic E-state index is 12.0. The van der Waals surface area contributed by atoms with Crippen LogP contribution in [0.4, 0.5) is 12.9 Å². The van der Waals surface area contributed by atoms with E-state index in [-0.39, 0.29) is 6.54 Å². The predicted octanol–water partition coefficient (Wildman–Crippen LogP) is 2.27. The maximum Gasteiger partial charge on any atom is 0.506 e. The van der Waals surface area contributed by atoms with E-state index >= 15 is 0 Å². The quantitative estimate of drug-likeness (QED) is 0.586. The monoisotopic (exact) mass is 180 g/mol. The Hall–Kier alpha value is -0.445. The van der Waals surface area contributed by atoms with Gasteiger partial charge in [-0.2, -0.15) is 0 Å². The normalized spacial score (nSPS) is 12.2. The molecule has 0 saturated carbocycles. The Labute approximate surface area is 71.3 Å². The van der Waals surface area contributed by atoms with Gasteiger partial charge < -0.3 is 17.8 Å². The van der Waals surface area contributed by atoms with Gasteiger partial charge in [0.25, 0.3) is 0 Å². The van der Waals surface area contributed by atoms with Crippen molar-refractivity contribution < 1.29 is 12.9 Å². The molecular formula is C7H14BF3N-. The van der Waals surface area contributed by atoms with Crippen LogP contribution in [0.3, 0.4) is 0 Å². The standard InChI is InChI=1S/C7H14BF3N/c1-4-5-12(3)6-7(2)8(9,10)11/h2,4-6H2,1,3H3/q-1. The zero-order valence-electron chi connectivity index (χ0n) is 7.49. The first-order valence-electron chi connectivity index (χ1n) is 3.94. The number of hydrogen-bond donors (Lipinski definition) is 0. The minimum absolute atomic E-state index is 0.0721. The van der Waals surface area contributed by atoms with E-state index in [0.29, 0.717) is 6.54 Å². The average molecular weight is 180 g/mol. The zero-order chi connectivity index (χ0) is 9.78. The molecule has 0 rings (SSSR count). The van der Waals surface area contributed by atoms with Gasteiger partial charge in [-0.05, 0) is 26.6 Å². The summed E-state index contributed by atoms with van der Waals surface area (Å²) in [7, 11) is 1.66. The van der Waals surface area contributed by atoms with E-state index in [1.165, 1.54) is 0 Å². The fourth-order valence-corrected chi connectivity index (χ4v) is 0.911. The van der Waals surface area contributed by atoms with Crippen LogP contribution in [-0.2, 0) is 0 Å². The summed E-state index contributed by atoms with van der Waals surface area (Å²) in [6, 6.07) is 0. The molecule has 0 aliphatic rings. The summed E-state index contributed by atoms with van der Waals surface area (Å²) < 4.78 is 36.0. The molecule has 0 atom stereocenters. The van der Waals surface area contributed by atoms with Gasteiger partial charge in [-0.15, -0.1) is 12.1 Å². The lowest BCUT2D eigenvalue weighted by Crippen LogP contribution is -2.30. The van der Waals surface area contributed by atoms with Crippen molar-refractivity contribution in [2.75, 3.05) is 20.1 Å². The Balaban J connectivity index is 3.85. The summed E-state index contributed by atoms with van der Waals surface area (Å²) in [5.74, 6) is 0. The van der Waals surface area contributed by atoms with Gasteiger partial charge in [0.1, 0.15) is 0 Å². The van der Waals surface area contributed by atoms with E-state index < -0.39 is 12.4 Å². The summed E-state index contributed by atoms with van der Waals surface area (Å²) in [6.45, 7) is 0.686. The second-order valence-electron chi connectivity index (χ2n) is 2.97. The van der Waals surface area contributed by atoms with Crippen LogP contribution in [0.15, 0.2) is 12.1 Å². The highest BCUT2D eigenvalue weighted by atomic mass is 19.4. The van der Waals surface area contributed by atoms with Crippen LogP contribution in [0.1, 0.15) is 13.3 Å². The van der Waals surface area contributed by atoms with Gasteiger partial charge in [0.2, 0.25) is 0 Å². The maximum absolute atomic E-state index is 12.0. The molecular weight excluding hydrogens is 166 g/mol. The molecule has 0 bridgehead atoms. The molecule has 0 spiro atoms. The summed E-state index contributed by atoms with van der Waals surface area (Å²) in [5.41, 5.74) is -0.619. The highest BCUT2D eigenvalue weighted by molar-refractivity contribution is 6.66. The van der Waals surface area contributed by atoms with Crippen LogP contribution in [-0.4, -0.2) is 32.0 Å². The Kier molecular flexibility index (Phi) is 4.38. The summed E-state index contributed by atoms with van der Waals surface area (Å²) in [4.78, 5) is 1.62. The van der Waals surface area contributed by atoms with Crippen molar-refractivity contribution in [1.82, 2.24) is 4.90 Å². The van der Waals surface area contributed by atoms with Gasteiger partial charge >= 0.3 is 6.98 Å². The van der Waals surface area contributed by atoms with Crippen LogP contribution < -0.4 is 0 Å². The van der Waals surface area contributed by atoms with Crippen molar-refractivity contribution in [3.63, 3.8) is 0 Å². The highest BCUT2D eigenvalue weighted by Crippen LogP contribution is 2.18. The third-order valence-corrected chi connectivity index (χ3v) is 1.54. The molecule has 0 amide bonds. The number of likely N-dealkylation sites (N-methyl/N-ethyl adjacent to an activating group) is 1. The molecule has 0 radical (unpaired) electrons. The lowest BCUT2D eigenvalue weighted by atomic mass is 9.80.